The van der Waals surface area contributed by atoms with Gasteiger partial charge in [0, 0.05) is 23.5 Å². The van der Waals surface area contributed by atoms with Crippen molar-refractivity contribution in [3.63, 3.8) is 0 Å². The molecule has 2 aromatic heterocycles. The van der Waals surface area contributed by atoms with Crippen LogP contribution in [0, 0.1) is 13.8 Å². The largest absolute Gasteiger partial charge is 0.361 e. The van der Waals surface area contributed by atoms with Crippen LogP contribution >= 0.6 is 11.3 Å². The Morgan fingerprint density at radius 3 is 2.88 bits per heavy atom. The highest BCUT2D eigenvalue weighted by atomic mass is 32.1. The number of hydrogen-bond donors (Lipinski definition) is 1. The molecule has 4 nitrogen and oxygen atoms in total. The van der Waals surface area contributed by atoms with Crippen molar-refractivity contribution in [3.8, 4) is 0 Å². The summed E-state index contributed by atoms with van der Waals surface area (Å²) in [5, 5.41) is 9.42. The standard InChI is InChI=1S/C11H15N3OS/c1-7(11-8(2)14-15-9(11)3)12-4-10-5-16-6-13-10/h5-7,12H,4H2,1-3H3. The van der Waals surface area contributed by atoms with Crippen LogP contribution < -0.4 is 5.32 Å². The van der Waals surface area contributed by atoms with Crippen molar-refractivity contribution in [3.05, 3.63) is 33.6 Å². The van der Waals surface area contributed by atoms with Gasteiger partial charge >= 0.3 is 0 Å². The van der Waals surface area contributed by atoms with E-state index in [1.54, 1.807) is 11.3 Å². The van der Waals surface area contributed by atoms with Gasteiger partial charge in [0.05, 0.1) is 16.9 Å². The Morgan fingerprint density at radius 2 is 2.31 bits per heavy atom. The average molecular weight is 237 g/mol. The first-order chi connectivity index (χ1) is 7.68. The second kappa shape index (κ2) is 4.76. The molecule has 0 spiro atoms. The van der Waals surface area contributed by atoms with Gasteiger partial charge in [0.1, 0.15) is 5.76 Å². The van der Waals surface area contributed by atoms with Crippen LogP contribution in [0.4, 0.5) is 0 Å². The van der Waals surface area contributed by atoms with Gasteiger partial charge in [0.2, 0.25) is 0 Å². The lowest BCUT2D eigenvalue weighted by Gasteiger charge is -2.12. The lowest BCUT2D eigenvalue weighted by atomic mass is 10.1. The van der Waals surface area contributed by atoms with Crippen molar-refractivity contribution in [1.29, 1.82) is 0 Å². The molecular formula is C11H15N3OS. The number of rotatable bonds is 4. The first-order valence-corrected chi connectivity index (χ1v) is 6.16. The first kappa shape index (κ1) is 11.3. The molecule has 0 aromatic carbocycles. The minimum atomic E-state index is 0.230. The van der Waals surface area contributed by atoms with Gasteiger partial charge in [-0.1, -0.05) is 5.16 Å². The highest BCUT2D eigenvalue weighted by molar-refractivity contribution is 7.07. The van der Waals surface area contributed by atoms with Gasteiger partial charge in [-0.3, -0.25) is 0 Å². The van der Waals surface area contributed by atoms with E-state index < -0.39 is 0 Å². The molecule has 0 radical (unpaired) electrons. The molecule has 2 heterocycles. The summed E-state index contributed by atoms with van der Waals surface area (Å²) in [6.45, 7) is 6.79. The zero-order valence-corrected chi connectivity index (χ0v) is 10.5. The molecule has 1 atom stereocenters. The van der Waals surface area contributed by atoms with Gasteiger partial charge in [0.15, 0.2) is 0 Å². The van der Waals surface area contributed by atoms with E-state index >= 15 is 0 Å². The van der Waals surface area contributed by atoms with Crippen LogP contribution in [0.2, 0.25) is 0 Å². The van der Waals surface area contributed by atoms with Crippen LogP contribution in [0.3, 0.4) is 0 Å². The molecule has 2 aromatic rings. The molecular weight excluding hydrogens is 222 g/mol. The molecule has 0 saturated carbocycles. The highest BCUT2D eigenvalue weighted by Crippen LogP contribution is 2.21. The molecule has 0 fully saturated rings. The lowest BCUT2D eigenvalue weighted by molar-refractivity contribution is 0.390. The first-order valence-electron chi connectivity index (χ1n) is 5.21. The Hall–Kier alpha value is -1.20. The van der Waals surface area contributed by atoms with Gasteiger partial charge in [-0.25, -0.2) is 4.98 Å². The predicted molar refractivity (Wildman–Crippen MR) is 63.3 cm³/mol. The molecule has 0 saturated heterocycles. The number of thiazole rings is 1. The maximum Gasteiger partial charge on any atom is 0.138 e. The average Bonchev–Trinajstić information content (AvgIpc) is 2.86. The van der Waals surface area contributed by atoms with Gasteiger partial charge in [-0.2, -0.15) is 0 Å². The van der Waals surface area contributed by atoms with Crippen LogP contribution in [-0.4, -0.2) is 10.1 Å². The van der Waals surface area contributed by atoms with E-state index in [1.165, 1.54) is 0 Å². The SMILES string of the molecule is Cc1noc(C)c1C(C)NCc1cscn1. The molecule has 0 aliphatic heterocycles. The van der Waals surface area contributed by atoms with E-state index in [2.05, 4.69) is 22.4 Å². The normalized spacial score (nSPS) is 12.9. The van der Waals surface area contributed by atoms with E-state index in [0.717, 1.165) is 29.3 Å². The maximum absolute atomic E-state index is 5.15. The molecule has 5 heteroatoms. The summed E-state index contributed by atoms with van der Waals surface area (Å²) in [4.78, 5) is 4.23. The quantitative estimate of drug-likeness (QED) is 0.888. The third-order valence-electron chi connectivity index (χ3n) is 2.59. The van der Waals surface area contributed by atoms with Gasteiger partial charge in [-0.15, -0.1) is 11.3 Å². The minimum absolute atomic E-state index is 0.230. The highest BCUT2D eigenvalue weighted by Gasteiger charge is 2.15. The summed E-state index contributed by atoms with van der Waals surface area (Å²) in [5.41, 5.74) is 5.02. The Kier molecular flexibility index (Phi) is 3.36. The van der Waals surface area contributed by atoms with Crippen molar-refractivity contribution >= 4 is 11.3 Å². The molecule has 0 aliphatic rings. The smallest absolute Gasteiger partial charge is 0.138 e. The Labute approximate surface area is 98.7 Å². The third kappa shape index (κ3) is 2.31. The van der Waals surface area contributed by atoms with E-state index in [9.17, 15) is 0 Å². The zero-order valence-electron chi connectivity index (χ0n) is 9.65. The van der Waals surface area contributed by atoms with Crippen molar-refractivity contribution in [2.45, 2.75) is 33.4 Å². The Balaban J connectivity index is 2.01. The molecule has 1 N–H and O–H groups in total. The number of aromatic nitrogens is 2. The molecule has 16 heavy (non-hydrogen) atoms. The molecule has 2 rings (SSSR count). The summed E-state index contributed by atoms with van der Waals surface area (Å²) in [6, 6.07) is 0.230. The molecule has 0 aliphatic carbocycles. The van der Waals surface area contributed by atoms with Crippen LogP contribution in [0.5, 0.6) is 0 Å². The summed E-state index contributed by atoms with van der Waals surface area (Å²) in [6.07, 6.45) is 0. The number of aryl methyl sites for hydroxylation is 2. The number of hydrogen-bond acceptors (Lipinski definition) is 5. The second-order valence-electron chi connectivity index (χ2n) is 3.82. The molecule has 86 valence electrons. The summed E-state index contributed by atoms with van der Waals surface area (Å²) in [5.74, 6) is 0.885. The zero-order chi connectivity index (χ0) is 11.5. The minimum Gasteiger partial charge on any atom is -0.361 e. The van der Waals surface area contributed by atoms with Crippen molar-refractivity contribution in [2.75, 3.05) is 0 Å². The summed E-state index contributed by atoms with van der Waals surface area (Å²) >= 11 is 1.61. The summed E-state index contributed by atoms with van der Waals surface area (Å²) in [7, 11) is 0. The van der Waals surface area contributed by atoms with E-state index in [-0.39, 0.29) is 6.04 Å². The van der Waals surface area contributed by atoms with Crippen LogP contribution in [0.1, 0.15) is 35.7 Å². The Morgan fingerprint density at radius 1 is 1.50 bits per heavy atom. The number of nitrogens with one attached hydrogen (secondary N) is 1. The maximum atomic E-state index is 5.15. The van der Waals surface area contributed by atoms with Crippen molar-refractivity contribution in [1.82, 2.24) is 15.5 Å². The van der Waals surface area contributed by atoms with Crippen molar-refractivity contribution in [2.24, 2.45) is 0 Å². The summed E-state index contributed by atoms with van der Waals surface area (Å²) < 4.78 is 5.15. The third-order valence-corrected chi connectivity index (χ3v) is 3.23. The second-order valence-corrected chi connectivity index (χ2v) is 4.54. The van der Waals surface area contributed by atoms with Crippen LogP contribution in [-0.2, 0) is 6.54 Å². The van der Waals surface area contributed by atoms with E-state index in [4.69, 9.17) is 4.52 Å². The van der Waals surface area contributed by atoms with Gasteiger partial charge in [0.25, 0.3) is 0 Å². The van der Waals surface area contributed by atoms with Crippen LogP contribution in [0.15, 0.2) is 15.4 Å². The van der Waals surface area contributed by atoms with Gasteiger partial charge in [-0.05, 0) is 20.8 Å². The van der Waals surface area contributed by atoms with Crippen LogP contribution in [0.25, 0.3) is 0 Å². The van der Waals surface area contributed by atoms with E-state index in [1.807, 2.05) is 24.7 Å². The molecule has 0 bridgehead atoms. The fourth-order valence-electron chi connectivity index (χ4n) is 1.79. The number of nitrogens with zero attached hydrogens (tertiary/aromatic N) is 2. The molecule has 0 amide bonds. The lowest BCUT2D eigenvalue weighted by Crippen LogP contribution is -2.19. The topological polar surface area (TPSA) is 51.0 Å². The fourth-order valence-corrected chi connectivity index (χ4v) is 2.35. The predicted octanol–water partition coefficient (Wildman–Crippen LogP) is 2.60. The fraction of sp³-hybridized carbons (Fsp3) is 0.455. The Bertz CT molecular complexity index is 430. The molecule has 1 unspecified atom stereocenters. The van der Waals surface area contributed by atoms with Gasteiger partial charge < -0.3 is 9.84 Å². The van der Waals surface area contributed by atoms with Crippen molar-refractivity contribution < 1.29 is 4.52 Å². The van der Waals surface area contributed by atoms with E-state index in [0.29, 0.717) is 0 Å². The monoisotopic (exact) mass is 237 g/mol.